The van der Waals surface area contributed by atoms with Gasteiger partial charge in [-0.15, -0.1) is 0 Å². The number of aryl methyl sites for hydroxylation is 1. The lowest BCUT2D eigenvalue weighted by Gasteiger charge is -2.22. The molecule has 0 saturated carbocycles. The Labute approximate surface area is 168 Å². The van der Waals surface area contributed by atoms with Crippen molar-refractivity contribution < 1.29 is 14.4 Å². The third kappa shape index (κ3) is 3.24. The molecule has 1 heterocycles. The van der Waals surface area contributed by atoms with Crippen molar-refractivity contribution in [2.75, 3.05) is 5.32 Å². The first-order chi connectivity index (χ1) is 12.2. The van der Waals surface area contributed by atoms with E-state index in [0.717, 1.165) is 10.5 Å². The lowest BCUT2D eigenvalue weighted by Crippen LogP contribution is -2.45. The van der Waals surface area contributed by atoms with Crippen LogP contribution < -0.4 is 5.32 Å². The summed E-state index contributed by atoms with van der Waals surface area (Å²) in [5, 5.41) is 3.07. The van der Waals surface area contributed by atoms with Crippen molar-refractivity contribution in [1.82, 2.24) is 4.90 Å². The van der Waals surface area contributed by atoms with Gasteiger partial charge < -0.3 is 5.32 Å². The van der Waals surface area contributed by atoms with Gasteiger partial charge in [-0.05, 0) is 59.6 Å². The number of rotatable bonds is 3. The van der Waals surface area contributed by atoms with Gasteiger partial charge in [-0.3, -0.25) is 19.3 Å². The van der Waals surface area contributed by atoms with Crippen LogP contribution in [0.25, 0.3) is 0 Å². The SMILES string of the molecule is Cc1ccc(NC(=O)[C@H](C)N2C(=O)c3cc(Cl)c(Cl)cc3C2=O)c(Br)c1. The average molecular weight is 456 g/mol. The summed E-state index contributed by atoms with van der Waals surface area (Å²) in [6.45, 7) is 3.41. The number of amides is 3. The zero-order valence-electron chi connectivity index (χ0n) is 13.8. The quantitative estimate of drug-likeness (QED) is 0.682. The third-order valence-corrected chi connectivity index (χ3v) is 5.49. The molecule has 0 saturated heterocycles. The van der Waals surface area contributed by atoms with Gasteiger partial charge >= 0.3 is 0 Å². The second kappa shape index (κ2) is 7.02. The van der Waals surface area contributed by atoms with E-state index in [1.165, 1.54) is 19.1 Å². The number of imide groups is 1. The Morgan fingerprint density at radius 1 is 1.08 bits per heavy atom. The lowest BCUT2D eigenvalue weighted by molar-refractivity contribution is -0.119. The summed E-state index contributed by atoms with van der Waals surface area (Å²) in [5.41, 5.74) is 1.85. The topological polar surface area (TPSA) is 66.5 Å². The predicted molar refractivity (Wildman–Crippen MR) is 104 cm³/mol. The molecule has 5 nitrogen and oxygen atoms in total. The largest absolute Gasteiger partial charge is 0.323 e. The molecule has 0 bridgehead atoms. The number of hydrogen-bond acceptors (Lipinski definition) is 3. The minimum Gasteiger partial charge on any atom is -0.323 e. The van der Waals surface area contributed by atoms with Gasteiger partial charge in [-0.25, -0.2) is 0 Å². The fraction of sp³-hybridized carbons (Fsp3) is 0.167. The molecule has 0 unspecified atom stereocenters. The highest BCUT2D eigenvalue weighted by Gasteiger charge is 2.41. The molecular weight excluding hydrogens is 443 g/mol. The summed E-state index contributed by atoms with van der Waals surface area (Å²) < 4.78 is 0.707. The van der Waals surface area contributed by atoms with Crippen molar-refractivity contribution in [3.05, 3.63) is 61.5 Å². The summed E-state index contributed by atoms with van der Waals surface area (Å²) in [7, 11) is 0. The van der Waals surface area contributed by atoms with E-state index in [9.17, 15) is 14.4 Å². The van der Waals surface area contributed by atoms with E-state index in [2.05, 4.69) is 21.2 Å². The number of carbonyl (C=O) groups is 3. The van der Waals surface area contributed by atoms with E-state index in [4.69, 9.17) is 23.2 Å². The zero-order valence-corrected chi connectivity index (χ0v) is 16.9. The van der Waals surface area contributed by atoms with Gasteiger partial charge in [-0.2, -0.15) is 0 Å². The first-order valence-corrected chi connectivity index (χ1v) is 9.19. The minimum atomic E-state index is -1.01. The van der Waals surface area contributed by atoms with E-state index in [1.54, 1.807) is 6.07 Å². The number of nitrogens with zero attached hydrogens (tertiary/aromatic N) is 1. The number of hydrogen-bond donors (Lipinski definition) is 1. The van der Waals surface area contributed by atoms with E-state index >= 15 is 0 Å². The van der Waals surface area contributed by atoms with Gasteiger partial charge in [-0.1, -0.05) is 29.3 Å². The number of carbonyl (C=O) groups excluding carboxylic acids is 3. The lowest BCUT2D eigenvalue weighted by atomic mass is 10.1. The molecule has 0 fully saturated rings. The first kappa shape index (κ1) is 18.9. The molecule has 0 radical (unpaired) electrons. The standard InChI is InChI=1S/C18H13BrCl2N2O3/c1-8-3-4-15(12(19)5-8)22-16(24)9(2)23-17(25)10-6-13(20)14(21)7-11(10)18(23)26/h3-7,9H,1-2H3,(H,22,24)/t9-/m0/s1. The highest BCUT2D eigenvalue weighted by Crippen LogP contribution is 2.32. The molecule has 2 aromatic carbocycles. The van der Waals surface area contributed by atoms with Crippen LogP contribution in [0.1, 0.15) is 33.2 Å². The Balaban J connectivity index is 1.86. The molecule has 2 aromatic rings. The normalized spacial score (nSPS) is 14.4. The number of nitrogens with one attached hydrogen (secondary N) is 1. The molecule has 1 aliphatic heterocycles. The molecule has 0 spiro atoms. The molecule has 26 heavy (non-hydrogen) atoms. The van der Waals surface area contributed by atoms with Gasteiger partial charge in [0.1, 0.15) is 6.04 Å². The molecule has 0 aromatic heterocycles. The van der Waals surface area contributed by atoms with Crippen LogP contribution in [0.2, 0.25) is 10.0 Å². The maximum atomic E-state index is 12.6. The van der Waals surface area contributed by atoms with Crippen LogP contribution in [-0.4, -0.2) is 28.7 Å². The molecule has 8 heteroatoms. The van der Waals surface area contributed by atoms with Crippen LogP contribution >= 0.6 is 39.1 Å². The van der Waals surface area contributed by atoms with Crippen molar-refractivity contribution in [2.45, 2.75) is 19.9 Å². The Bertz CT molecular complexity index is 921. The van der Waals surface area contributed by atoms with Gasteiger partial charge in [0.25, 0.3) is 11.8 Å². The van der Waals surface area contributed by atoms with Crippen molar-refractivity contribution in [3.8, 4) is 0 Å². The molecular formula is C18H13BrCl2N2O3. The first-order valence-electron chi connectivity index (χ1n) is 7.64. The van der Waals surface area contributed by atoms with E-state index < -0.39 is 23.8 Å². The van der Waals surface area contributed by atoms with Crippen molar-refractivity contribution >= 4 is 62.5 Å². The predicted octanol–water partition coefficient (Wildman–Crippen LogP) is 4.69. The van der Waals surface area contributed by atoms with Crippen LogP contribution in [0, 0.1) is 6.92 Å². The molecule has 1 N–H and O–H groups in total. The average Bonchev–Trinajstić information content (AvgIpc) is 2.81. The summed E-state index contributed by atoms with van der Waals surface area (Å²) in [6, 6.07) is 7.13. The monoisotopic (exact) mass is 454 g/mol. The van der Waals surface area contributed by atoms with Crippen LogP contribution in [0.3, 0.4) is 0 Å². The van der Waals surface area contributed by atoms with Crippen LogP contribution in [0.15, 0.2) is 34.8 Å². The smallest absolute Gasteiger partial charge is 0.262 e. The van der Waals surface area contributed by atoms with Crippen molar-refractivity contribution in [2.24, 2.45) is 0 Å². The Hall–Kier alpha value is -1.89. The number of benzene rings is 2. The van der Waals surface area contributed by atoms with Gasteiger partial charge in [0.2, 0.25) is 5.91 Å². The Morgan fingerprint density at radius 2 is 1.62 bits per heavy atom. The van der Waals surface area contributed by atoms with Crippen LogP contribution in [-0.2, 0) is 4.79 Å². The molecule has 3 rings (SSSR count). The second-order valence-electron chi connectivity index (χ2n) is 5.94. The number of fused-ring (bicyclic) bond motifs is 1. The fourth-order valence-corrected chi connectivity index (χ4v) is 3.60. The highest BCUT2D eigenvalue weighted by molar-refractivity contribution is 9.10. The number of halogens is 3. The molecule has 1 aliphatic rings. The van der Waals surface area contributed by atoms with Gasteiger partial charge in [0.05, 0.1) is 26.9 Å². The molecule has 0 aliphatic carbocycles. The molecule has 1 atom stereocenters. The zero-order chi connectivity index (χ0) is 19.2. The Morgan fingerprint density at radius 3 is 2.12 bits per heavy atom. The van der Waals surface area contributed by atoms with Crippen LogP contribution in [0.4, 0.5) is 5.69 Å². The van der Waals surface area contributed by atoms with Crippen molar-refractivity contribution in [1.29, 1.82) is 0 Å². The van der Waals surface area contributed by atoms with E-state index in [-0.39, 0.29) is 21.2 Å². The maximum Gasteiger partial charge on any atom is 0.262 e. The number of anilines is 1. The van der Waals surface area contributed by atoms with Gasteiger partial charge in [0, 0.05) is 4.47 Å². The van der Waals surface area contributed by atoms with Crippen molar-refractivity contribution in [3.63, 3.8) is 0 Å². The van der Waals surface area contributed by atoms with E-state index in [0.29, 0.717) is 10.2 Å². The Kier molecular flexibility index (Phi) is 5.10. The van der Waals surface area contributed by atoms with E-state index in [1.807, 2.05) is 19.1 Å². The summed E-state index contributed by atoms with van der Waals surface area (Å²) in [5.74, 6) is -1.63. The summed E-state index contributed by atoms with van der Waals surface area (Å²) in [6.07, 6.45) is 0. The fourth-order valence-electron chi connectivity index (χ4n) is 2.68. The highest BCUT2D eigenvalue weighted by atomic mass is 79.9. The minimum absolute atomic E-state index is 0.139. The van der Waals surface area contributed by atoms with Crippen LogP contribution in [0.5, 0.6) is 0 Å². The summed E-state index contributed by atoms with van der Waals surface area (Å²) >= 11 is 15.2. The molecule has 3 amide bonds. The second-order valence-corrected chi connectivity index (χ2v) is 7.61. The molecule has 134 valence electrons. The summed E-state index contributed by atoms with van der Waals surface area (Å²) in [4.78, 5) is 38.7. The maximum absolute atomic E-state index is 12.6. The third-order valence-electron chi connectivity index (χ3n) is 4.11. The van der Waals surface area contributed by atoms with Gasteiger partial charge in [0.15, 0.2) is 0 Å².